The Morgan fingerprint density at radius 2 is 1.71 bits per heavy atom. The molecule has 0 unspecified atom stereocenters. The summed E-state index contributed by atoms with van der Waals surface area (Å²) >= 11 is 0. The Bertz CT molecular complexity index is 1190. The van der Waals surface area contributed by atoms with Gasteiger partial charge in [-0.2, -0.15) is 0 Å². The van der Waals surface area contributed by atoms with E-state index in [1.54, 1.807) is 0 Å². The Balaban J connectivity index is 1.63. The van der Waals surface area contributed by atoms with Crippen LogP contribution in [0, 0.1) is 24.7 Å². The summed E-state index contributed by atoms with van der Waals surface area (Å²) < 4.78 is 0. The van der Waals surface area contributed by atoms with E-state index in [9.17, 15) is 4.79 Å². The lowest BCUT2D eigenvalue weighted by Gasteiger charge is -2.52. The Morgan fingerprint density at radius 3 is 2.35 bits per heavy atom. The predicted octanol–water partition coefficient (Wildman–Crippen LogP) is 6.03. The maximum atomic E-state index is 13.8. The second-order valence-electron chi connectivity index (χ2n) is 9.75. The van der Waals surface area contributed by atoms with Gasteiger partial charge in [0.2, 0.25) is 0 Å². The summed E-state index contributed by atoms with van der Waals surface area (Å²) in [5.41, 5.74) is 5.42. The minimum absolute atomic E-state index is 0.00163. The molecule has 1 aromatic heterocycles. The van der Waals surface area contributed by atoms with Crippen LogP contribution in [0.1, 0.15) is 66.9 Å². The Kier molecular flexibility index (Phi) is 4.63. The summed E-state index contributed by atoms with van der Waals surface area (Å²) in [4.78, 5) is 18.7. The van der Waals surface area contributed by atoms with Crippen LogP contribution in [-0.2, 0) is 0 Å². The van der Waals surface area contributed by atoms with Gasteiger partial charge in [-0.3, -0.25) is 4.79 Å². The second kappa shape index (κ2) is 7.24. The van der Waals surface area contributed by atoms with E-state index in [1.165, 1.54) is 19.3 Å². The van der Waals surface area contributed by atoms with Crippen LogP contribution in [-0.4, -0.2) is 16.4 Å². The molecule has 3 aliphatic carbocycles. The maximum Gasteiger partial charge on any atom is 0.252 e. The Hall–Kier alpha value is -3.12. The van der Waals surface area contributed by atoms with E-state index >= 15 is 0 Å². The molecular formula is C28H28N2O. The number of pyridine rings is 1. The molecule has 156 valence electrons. The van der Waals surface area contributed by atoms with Crippen LogP contribution < -0.4 is 5.32 Å². The molecule has 6 rings (SSSR count). The van der Waals surface area contributed by atoms with E-state index < -0.39 is 0 Å². The zero-order chi connectivity index (χ0) is 21.6. The van der Waals surface area contributed by atoms with Crippen molar-refractivity contribution >= 4 is 16.8 Å². The topological polar surface area (TPSA) is 42.0 Å². The van der Waals surface area contributed by atoms with E-state index in [0.29, 0.717) is 11.0 Å². The number of fused-ring (bicyclic) bond motifs is 4. The molecule has 31 heavy (non-hydrogen) atoms. The first-order chi connectivity index (χ1) is 14.9. The molecule has 3 aromatic rings. The van der Waals surface area contributed by atoms with Crippen molar-refractivity contribution in [3.05, 3.63) is 65.2 Å². The highest BCUT2D eigenvalue weighted by atomic mass is 16.1. The molecule has 3 heteroatoms. The van der Waals surface area contributed by atoms with Crippen LogP contribution in [0.5, 0.6) is 0 Å². The molecule has 3 saturated carbocycles. The van der Waals surface area contributed by atoms with Gasteiger partial charge in [-0.25, -0.2) is 4.98 Å². The van der Waals surface area contributed by atoms with Crippen molar-refractivity contribution in [2.24, 2.45) is 5.41 Å². The molecule has 3 aliphatic rings. The molecular weight excluding hydrogens is 380 g/mol. The number of hydrogen-bond acceptors (Lipinski definition) is 2. The van der Waals surface area contributed by atoms with Crippen molar-refractivity contribution in [1.82, 2.24) is 10.3 Å². The quantitative estimate of drug-likeness (QED) is 0.537. The fourth-order valence-electron chi connectivity index (χ4n) is 5.48. The van der Waals surface area contributed by atoms with Crippen LogP contribution >= 0.6 is 0 Å². The first kappa shape index (κ1) is 19.8. The molecule has 2 bridgehead atoms. The molecule has 0 aliphatic heterocycles. The van der Waals surface area contributed by atoms with Gasteiger partial charge in [-0.05, 0) is 74.6 Å². The van der Waals surface area contributed by atoms with Gasteiger partial charge in [0.25, 0.3) is 5.91 Å². The largest absolute Gasteiger partial charge is 0.347 e. The van der Waals surface area contributed by atoms with Crippen LogP contribution in [0.3, 0.4) is 0 Å². The number of hydrogen-bond donors (Lipinski definition) is 1. The van der Waals surface area contributed by atoms with E-state index in [2.05, 4.69) is 18.2 Å². The van der Waals surface area contributed by atoms with Crippen molar-refractivity contribution in [2.45, 2.75) is 57.9 Å². The summed E-state index contributed by atoms with van der Waals surface area (Å²) in [6, 6.07) is 15.8. The summed E-state index contributed by atoms with van der Waals surface area (Å²) in [7, 11) is 0. The molecule has 0 radical (unpaired) electrons. The van der Waals surface area contributed by atoms with Crippen LogP contribution in [0.25, 0.3) is 22.2 Å². The van der Waals surface area contributed by atoms with Gasteiger partial charge < -0.3 is 5.32 Å². The third-order valence-corrected chi connectivity index (χ3v) is 7.67. The highest BCUT2D eigenvalue weighted by Crippen LogP contribution is 2.52. The monoisotopic (exact) mass is 408 g/mol. The molecule has 0 spiro atoms. The molecule has 2 aromatic carbocycles. The predicted molar refractivity (Wildman–Crippen MR) is 126 cm³/mol. The number of rotatable bonds is 3. The summed E-state index contributed by atoms with van der Waals surface area (Å²) in [6.45, 7) is 4.40. The summed E-state index contributed by atoms with van der Waals surface area (Å²) in [6.07, 6.45) is 12.5. The first-order valence-electron chi connectivity index (χ1n) is 11.2. The second-order valence-corrected chi connectivity index (χ2v) is 9.75. The number of carbonyl (C=O) groups is 1. The van der Waals surface area contributed by atoms with Crippen LogP contribution in [0.4, 0.5) is 0 Å². The van der Waals surface area contributed by atoms with Crippen molar-refractivity contribution < 1.29 is 4.79 Å². The normalized spacial score (nSPS) is 24.7. The SMILES string of the molecule is C#Cc1ccc2nc(-c3ccccc3)c(C)c(C(=O)NC34CCC(C)(CC3)CC4)c2c1. The lowest BCUT2D eigenvalue weighted by molar-refractivity contribution is 0.0339. The Labute approximate surface area is 184 Å². The molecule has 1 amide bonds. The molecule has 3 nitrogen and oxygen atoms in total. The number of nitrogens with one attached hydrogen (secondary N) is 1. The van der Waals surface area contributed by atoms with Crippen LogP contribution in [0.2, 0.25) is 0 Å². The summed E-state index contributed by atoms with van der Waals surface area (Å²) in [5, 5.41) is 4.32. The number of carbonyl (C=O) groups excluding carboxylic acids is 1. The van der Waals surface area contributed by atoms with E-state index in [-0.39, 0.29) is 11.4 Å². The number of benzene rings is 2. The molecule has 1 N–H and O–H groups in total. The van der Waals surface area contributed by atoms with Gasteiger partial charge in [0.1, 0.15) is 0 Å². The number of aromatic nitrogens is 1. The fourth-order valence-corrected chi connectivity index (χ4v) is 5.48. The van der Waals surface area contributed by atoms with Crippen molar-refractivity contribution in [3.63, 3.8) is 0 Å². The maximum absolute atomic E-state index is 13.8. The van der Waals surface area contributed by atoms with Crippen molar-refractivity contribution in [2.75, 3.05) is 0 Å². The third kappa shape index (κ3) is 3.41. The van der Waals surface area contributed by atoms with E-state index in [4.69, 9.17) is 11.4 Å². The zero-order valence-electron chi connectivity index (χ0n) is 18.3. The Morgan fingerprint density at radius 1 is 1.03 bits per heavy atom. The lowest BCUT2D eigenvalue weighted by atomic mass is 9.58. The van der Waals surface area contributed by atoms with Crippen molar-refractivity contribution in [1.29, 1.82) is 0 Å². The molecule has 0 atom stereocenters. The van der Waals surface area contributed by atoms with Gasteiger partial charge in [0.05, 0.1) is 16.8 Å². The summed E-state index contributed by atoms with van der Waals surface area (Å²) in [5.74, 6) is 2.70. The third-order valence-electron chi connectivity index (χ3n) is 7.67. The minimum atomic E-state index is -0.0759. The van der Waals surface area contributed by atoms with Gasteiger partial charge in [0.15, 0.2) is 0 Å². The minimum Gasteiger partial charge on any atom is -0.347 e. The standard InChI is InChI=1S/C28H28N2O/c1-4-20-10-11-23-22(18-20)24(19(2)25(29-23)21-8-6-5-7-9-21)26(31)30-28-15-12-27(3,13-16-28)14-17-28/h1,5-11,18H,12-17H2,2-3H3,(H,30,31). The molecule has 1 heterocycles. The van der Waals surface area contributed by atoms with Gasteiger partial charge in [-0.15, -0.1) is 6.42 Å². The zero-order valence-corrected chi connectivity index (χ0v) is 18.3. The number of nitrogens with zero attached hydrogens (tertiary/aromatic N) is 1. The molecule has 3 fully saturated rings. The fraction of sp³-hybridized carbons (Fsp3) is 0.357. The average molecular weight is 409 g/mol. The van der Waals surface area contributed by atoms with Crippen molar-refractivity contribution in [3.8, 4) is 23.6 Å². The number of terminal acetylenes is 1. The average Bonchev–Trinajstić information content (AvgIpc) is 2.80. The van der Waals surface area contributed by atoms with Gasteiger partial charge in [0, 0.05) is 22.1 Å². The number of amides is 1. The smallest absolute Gasteiger partial charge is 0.252 e. The first-order valence-corrected chi connectivity index (χ1v) is 11.2. The van der Waals surface area contributed by atoms with Crippen LogP contribution in [0.15, 0.2) is 48.5 Å². The highest BCUT2D eigenvalue weighted by Gasteiger charge is 2.47. The lowest BCUT2D eigenvalue weighted by Crippen LogP contribution is -2.56. The van der Waals surface area contributed by atoms with Gasteiger partial charge >= 0.3 is 0 Å². The van der Waals surface area contributed by atoms with Gasteiger partial charge in [-0.1, -0.05) is 43.2 Å². The highest BCUT2D eigenvalue weighted by molar-refractivity contribution is 6.09. The van der Waals surface area contributed by atoms with E-state index in [1.807, 2.05) is 55.5 Å². The van der Waals surface area contributed by atoms with E-state index in [0.717, 1.165) is 52.5 Å². The molecule has 0 saturated heterocycles.